The van der Waals surface area contributed by atoms with E-state index < -0.39 is 0 Å². The highest BCUT2D eigenvalue weighted by atomic mass is 32.2. The van der Waals surface area contributed by atoms with E-state index in [9.17, 15) is 4.79 Å². The number of nitrogens with two attached hydrogens (primary N) is 1. The molecule has 2 heterocycles. The highest BCUT2D eigenvalue weighted by molar-refractivity contribution is 8.00. The number of amides is 1. The molecule has 1 aliphatic rings. The van der Waals surface area contributed by atoms with E-state index >= 15 is 0 Å². The summed E-state index contributed by atoms with van der Waals surface area (Å²) < 4.78 is 1.32. The standard InChI is InChI=1S/C6H9N5OS/c7-11-3-9-10-6(11)13-4-1-2-8-5(4)12/h3-4H,1-2,7H2,(H,8,12). The number of nitrogen functional groups attached to an aromatic ring is 1. The first-order chi connectivity index (χ1) is 6.27. The Morgan fingerprint density at radius 2 is 2.62 bits per heavy atom. The summed E-state index contributed by atoms with van der Waals surface area (Å²) in [6.45, 7) is 0.731. The zero-order valence-electron chi connectivity index (χ0n) is 6.80. The maximum absolute atomic E-state index is 11.2. The third-order valence-electron chi connectivity index (χ3n) is 1.79. The molecular weight excluding hydrogens is 190 g/mol. The van der Waals surface area contributed by atoms with E-state index in [2.05, 4.69) is 15.5 Å². The summed E-state index contributed by atoms with van der Waals surface area (Å²) in [4.78, 5) is 11.2. The maximum Gasteiger partial charge on any atom is 0.233 e. The van der Waals surface area contributed by atoms with E-state index in [1.807, 2.05) is 0 Å². The van der Waals surface area contributed by atoms with Crippen molar-refractivity contribution in [3.8, 4) is 0 Å². The lowest BCUT2D eigenvalue weighted by Gasteiger charge is -2.03. The Bertz CT molecular complexity index is 325. The fraction of sp³-hybridized carbons (Fsp3) is 0.500. The molecule has 0 aromatic carbocycles. The molecule has 7 heteroatoms. The molecule has 0 spiro atoms. The summed E-state index contributed by atoms with van der Waals surface area (Å²) in [7, 11) is 0. The van der Waals surface area contributed by atoms with Crippen molar-refractivity contribution >= 4 is 17.7 Å². The quantitative estimate of drug-likeness (QED) is 0.595. The number of nitrogens with zero attached hydrogens (tertiary/aromatic N) is 3. The molecule has 1 aromatic rings. The van der Waals surface area contributed by atoms with Crippen LogP contribution in [0.5, 0.6) is 0 Å². The summed E-state index contributed by atoms with van der Waals surface area (Å²) >= 11 is 1.34. The van der Waals surface area contributed by atoms with E-state index in [-0.39, 0.29) is 11.2 Å². The lowest BCUT2D eigenvalue weighted by atomic mass is 10.4. The average Bonchev–Trinajstić information content (AvgIpc) is 2.65. The molecule has 1 amide bonds. The minimum atomic E-state index is -0.0773. The van der Waals surface area contributed by atoms with Gasteiger partial charge in [0.05, 0.1) is 5.25 Å². The van der Waals surface area contributed by atoms with E-state index in [1.165, 1.54) is 22.8 Å². The highest BCUT2D eigenvalue weighted by Crippen LogP contribution is 2.24. The Labute approximate surface area is 78.9 Å². The Hall–Kier alpha value is -1.24. The van der Waals surface area contributed by atoms with Gasteiger partial charge in [0, 0.05) is 6.54 Å². The van der Waals surface area contributed by atoms with Crippen LogP contribution in [0.3, 0.4) is 0 Å². The number of carbonyl (C=O) groups excluding carboxylic acids is 1. The molecule has 3 N–H and O–H groups in total. The van der Waals surface area contributed by atoms with E-state index in [0.717, 1.165) is 13.0 Å². The first kappa shape index (κ1) is 8.36. The Morgan fingerprint density at radius 1 is 1.77 bits per heavy atom. The second-order valence-electron chi connectivity index (χ2n) is 2.71. The van der Waals surface area contributed by atoms with Gasteiger partial charge in [0.15, 0.2) is 0 Å². The summed E-state index contributed by atoms with van der Waals surface area (Å²) in [6, 6.07) is 0. The molecule has 1 aliphatic heterocycles. The van der Waals surface area contributed by atoms with Gasteiger partial charge in [0.1, 0.15) is 6.33 Å². The topological polar surface area (TPSA) is 85.8 Å². The predicted octanol–water partition coefficient (Wildman–Crippen LogP) is -1.03. The van der Waals surface area contributed by atoms with Crippen molar-refractivity contribution in [3.63, 3.8) is 0 Å². The predicted molar refractivity (Wildman–Crippen MR) is 47.4 cm³/mol. The van der Waals surface area contributed by atoms with Crippen LogP contribution < -0.4 is 11.2 Å². The maximum atomic E-state index is 11.2. The van der Waals surface area contributed by atoms with Gasteiger partial charge in [-0.2, -0.15) is 0 Å². The van der Waals surface area contributed by atoms with Crippen molar-refractivity contribution in [1.82, 2.24) is 20.2 Å². The van der Waals surface area contributed by atoms with Gasteiger partial charge in [0.2, 0.25) is 11.1 Å². The molecule has 1 unspecified atom stereocenters. The molecule has 2 rings (SSSR count). The molecule has 0 saturated carbocycles. The smallest absolute Gasteiger partial charge is 0.233 e. The molecule has 1 aromatic heterocycles. The Morgan fingerprint density at radius 3 is 3.15 bits per heavy atom. The van der Waals surface area contributed by atoms with Crippen LogP contribution in [0, 0.1) is 0 Å². The second-order valence-corrected chi connectivity index (χ2v) is 3.88. The van der Waals surface area contributed by atoms with Gasteiger partial charge in [-0.05, 0) is 6.42 Å². The van der Waals surface area contributed by atoms with Crippen molar-refractivity contribution in [2.24, 2.45) is 0 Å². The number of hydrogen-bond acceptors (Lipinski definition) is 5. The fourth-order valence-corrected chi connectivity index (χ4v) is 2.07. The molecule has 13 heavy (non-hydrogen) atoms. The van der Waals surface area contributed by atoms with Crippen LogP contribution >= 0.6 is 11.8 Å². The Balaban J connectivity index is 2.06. The fourth-order valence-electron chi connectivity index (χ4n) is 1.13. The lowest BCUT2D eigenvalue weighted by Crippen LogP contribution is -2.21. The van der Waals surface area contributed by atoms with Crippen LogP contribution in [0.1, 0.15) is 6.42 Å². The second kappa shape index (κ2) is 3.25. The Kier molecular flexibility index (Phi) is 2.09. The zero-order valence-corrected chi connectivity index (χ0v) is 7.62. The van der Waals surface area contributed by atoms with E-state index in [0.29, 0.717) is 5.16 Å². The highest BCUT2D eigenvalue weighted by Gasteiger charge is 2.26. The van der Waals surface area contributed by atoms with Crippen LogP contribution in [0.2, 0.25) is 0 Å². The molecule has 1 saturated heterocycles. The summed E-state index contributed by atoms with van der Waals surface area (Å²) in [5.74, 6) is 5.55. The molecule has 70 valence electrons. The van der Waals surface area contributed by atoms with Crippen molar-refractivity contribution < 1.29 is 4.79 Å². The molecule has 0 bridgehead atoms. The number of aromatic nitrogens is 3. The van der Waals surface area contributed by atoms with Crippen LogP contribution in [-0.4, -0.2) is 32.6 Å². The largest absolute Gasteiger partial charge is 0.355 e. The first-order valence-corrected chi connectivity index (χ1v) is 4.75. The van der Waals surface area contributed by atoms with Gasteiger partial charge in [-0.15, -0.1) is 10.2 Å². The molecule has 1 fully saturated rings. The number of rotatable bonds is 2. The molecule has 0 aliphatic carbocycles. The number of nitrogens with one attached hydrogen (secondary N) is 1. The van der Waals surface area contributed by atoms with Gasteiger partial charge in [-0.3, -0.25) is 4.79 Å². The van der Waals surface area contributed by atoms with Crippen molar-refractivity contribution in [2.75, 3.05) is 12.4 Å². The lowest BCUT2D eigenvalue weighted by molar-refractivity contribution is -0.118. The minimum absolute atomic E-state index is 0.0491. The van der Waals surface area contributed by atoms with Crippen LogP contribution in [0.15, 0.2) is 11.5 Å². The van der Waals surface area contributed by atoms with Crippen molar-refractivity contribution in [3.05, 3.63) is 6.33 Å². The number of hydrogen-bond donors (Lipinski definition) is 2. The first-order valence-electron chi connectivity index (χ1n) is 3.87. The van der Waals surface area contributed by atoms with E-state index in [1.54, 1.807) is 0 Å². The third-order valence-corrected chi connectivity index (χ3v) is 3.02. The normalized spacial score (nSPS) is 21.8. The zero-order chi connectivity index (χ0) is 9.26. The molecular formula is C6H9N5OS. The molecule has 6 nitrogen and oxygen atoms in total. The molecule has 0 radical (unpaired) electrons. The van der Waals surface area contributed by atoms with Crippen molar-refractivity contribution in [2.45, 2.75) is 16.8 Å². The van der Waals surface area contributed by atoms with Crippen LogP contribution in [0.25, 0.3) is 0 Å². The number of carbonyl (C=O) groups is 1. The van der Waals surface area contributed by atoms with Crippen LogP contribution in [-0.2, 0) is 4.79 Å². The number of thioether (sulfide) groups is 1. The monoisotopic (exact) mass is 199 g/mol. The summed E-state index contributed by atoms with van der Waals surface area (Å²) in [5, 5.41) is 10.6. The van der Waals surface area contributed by atoms with Crippen molar-refractivity contribution in [1.29, 1.82) is 0 Å². The van der Waals surface area contributed by atoms with Gasteiger partial charge >= 0.3 is 0 Å². The van der Waals surface area contributed by atoms with E-state index in [4.69, 9.17) is 5.84 Å². The van der Waals surface area contributed by atoms with Gasteiger partial charge in [-0.25, -0.2) is 4.68 Å². The summed E-state index contributed by atoms with van der Waals surface area (Å²) in [6.07, 6.45) is 2.23. The molecule has 1 atom stereocenters. The van der Waals surface area contributed by atoms with Gasteiger partial charge in [0.25, 0.3) is 0 Å². The van der Waals surface area contributed by atoms with Gasteiger partial charge < -0.3 is 11.2 Å². The van der Waals surface area contributed by atoms with Crippen LogP contribution in [0.4, 0.5) is 0 Å². The third kappa shape index (κ3) is 1.59. The summed E-state index contributed by atoms with van der Waals surface area (Å²) in [5.41, 5.74) is 0. The minimum Gasteiger partial charge on any atom is -0.355 e. The average molecular weight is 199 g/mol. The van der Waals surface area contributed by atoms with Gasteiger partial charge in [-0.1, -0.05) is 11.8 Å². The SMILES string of the molecule is Nn1cnnc1SC1CCNC1=O.